The maximum atomic E-state index is 12.9. The zero-order valence-electron chi connectivity index (χ0n) is 22.7. The Morgan fingerprint density at radius 2 is 1.67 bits per heavy atom. The van der Waals surface area contributed by atoms with Gasteiger partial charge in [0.1, 0.15) is 5.82 Å². The van der Waals surface area contributed by atoms with Crippen molar-refractivity contribution in [3.05, 3.63) is 45.1 Å². The molecule has 3 aliphatic heterocycles. The second-order valence-corrected chi connectivity index (χ2v) is 12.2. The lowest BCUT2D eigenvalue weighted by atomic mass is 10.1. The maximum absolute atomic E-state index is 12.9. The number of piperazine rings is 1. The van der Waals surface area contributed by atoms with Crippen LogP contribution in [-0.2, 0) is 24.3 Å². The molecular formula is C29H39Cl2N7O. The number of anilines is 2. The summed E-state index contributed by atoms with van der Waals surface area (Å²) < 4.78 is 0. The number of amides is 1. The van der Waals surface area contributed by atoms with Gasteiger partial charge in [-0.3, -0.25) is 9.69 Å². The molecule has 39 heavy (non-hydrogen) atoms. The summed E-state index contributed by atoms with van der Waals surface area (Å²) in [5.41, 5.74) is 3.04. The number of aromatic nitrogens is 2. The van der Waals surface area contributed by atoms with E-state index in [1.807, 2.05) is 17.0 Å². The number of fused-ring (bicyclic) bond motifs is 1. The summed E-state index contributed by atoms with van der Waals surface area (Å²) in [5.74, 6) is 2.08. The number of hydrogen-bond donors (Lipinski definition) is 1. The van der Waals surface area contributed by atoms with Crippen LogP contribution in [0.25, 0.3) is 0 Å². The Labute approximate surface area is 241 Å². The molecule has 1 saturated carbocycles. The molecule has 8 nitrogen and oxygen atoms in total. The summed E-state index contributed by atoms with van der Waals surface area (Å²) in [7, 11) is 0. The molecule has 4 aliphatic rings. The number of halogens is 2. The number of benzene rings is 1. The van der Waals surface area contributed by atoms with Gasteiger partial charge < -0.3 is 20.0 Å². The van der Waals surface area contributed by atoms with E-state index in [1.165, 1.54) is 38.9 Å². The van der Waals surface area contributed by atoms with E-state index < -0.39 is 0 Å². The van der Waals surface area contributed by atoms with E-state index in [-0.39, 0.29) is 11.8 Å². The minimum atomic E-state index is 0.210. The lowest BCUT2D eigenvalue weighted by Gasteiger charge is -2.37. The van der Waals surface area contributed by atoms with Crippen molar-refractivity contribution in [2.45, 2.75) is 51.6 Å². The third kappa shape index (κ3) is 6.62. The highest BCUT2D eigenvalue weighted by Crippen LogP contribution is 2.34. The fourth-order valence-electron chi connectivity index (χ4n) is 5.95. The average molecular weight is 573 g/mol. The Balaban J connectivity index is 1.15. The first-order valence-electron chi connectivity index (χ1n) is 14.6. The van der Waals surface area contributed by atoms with E-state index in [0.29, 0.717) is 23.1 Å². The SMILES string of the molecule is O=C(C1CC1)N1CCc2nc(N3CCN(CCN4CCCCC4)CC3)nc(NCc3ccc(Cl)cc3Cl)c2C1. The molecule has 0 atom stereocenters. The molecule has 6 rings (SSSR count). The predicted molar refractivity (Wildman–Crippen MR) is 157 cm³/mol. The Kier molecular flexibility index (Phi) is 8.44. The van der Waals surface area contributed by atoms with E-state index in [4.69, 9.17) is 33.2 Å². The zero-order valence-corrected chi connectivity index (χ0v) is 24.2. The monoisotopic (exact) mass is 571 g/mol. The smallest absolute Gasteiger partial charge is 0.227 e. The number of piperidine rings is 1. The van der Waals surface area contributed by atoms with Gasteiger partial charge in [0.05, 0.1) is 12.2 Å². The van der Waals surface area contributed by atoms with Crippen LogP contribution in [0.2, 0.25) is 10.0 Å². The molecule has 3 fully saturated rings. The lowest BCUT2D eigenvalue weighted by Crippen LogP contribution is -2.49. The zero-order chi connectivity index (χ0) is 26.8. The van der Waals surface area contributed by atoms with Crippen molar-refractivity contribution in [1.29, 1.82) is 0 Å². The molecule has 0 bridgehead atoms. The fraction of sp³-hybridized carbons (Fsp3) is 0.621. The molecule has 10 heteroatoms. The van der Waals surface area contributed by atoms with E-state index in [2.05, 4.69) is 20.0 Å². The van der Waals surface area contributed by atoms with E-state index in [0.717, 1.165) is 87.1 Å². The summed E-state index contributed by atoms with van der Waals surface area (Å²) in [6.07, 6.45) is 6.86. The number of carbonyl (C=O) groups excluding carboxylic acids is 1. The highest BCUT2D eigenvalue weighted by atomic mass is 35.5. The molecule has 1 aliphatic carbocycles. The number of rotatable bonds is 8. The highest BCUT2D eigenvalue weighted by molar-refractivity contribution is 6.35. The molecule has 0 radical (unpaired) electrons. The first-order chi connectivity index (χ1) is 19.0. The molecule has 0 unspecified atom stereocenters. The molecule has 1 amide bonds. The molecule has 2 saturated heterocycles. The maximum Gasteiger partial charge on any atom is 0.227 e. The predicted octanol–water partition coefficient (Wildman–Crippen LogP) is 4.30. The van der Waals surface area contributed by atoms with Gasteiger partial charge in [-0.05, 0) is 56.5 Å². The third-order valence-corrected chi connectivity index (χ3v) is 9.17. The van der Waals surface area contributed by atoms with Crippen LogP contribution in [0.4, 0.5) is 11.8 Å². The van der Waals surface area contributed by atoms with Gasteiger partial charge in [-0.1, -0.05) is 35.7 Å². The van der Waals surface area contributed by atoms with Gasteiger partial charge in [0.2, 0.25) is 11.9 Å². The first-order valence-corrected chi connectivity index (χ1v) is 15.3. The van der Waals surface area contributed by atoms with E-state index in [1.54, 1.807) is 6.07 Å². The van der Waals surface area contributed by atoms with Gasteiger partial charge in [-0.2, -0.15) is 4.98 Å². The minimum absolute atomic E-state index is 0.210. The molecule has 4 heterocycles. The largest absolute Gasteiger partial charge is 0.365 e. The Bertz CT molecular complexity index is 1180. The van der Waals surface area contributed by atoms with Crippen molar-refractivity contribution in [3.8, 4) is 0 Å². The molecular weight excluding hydrogens is 533 g/mol. The van der Waals surface area contributed by atoms with E-state index in [9.17, 15) is 4.79 Å². The van der Waals surface area contributed by atoms with Gasteiger partial charge >= 0.3 is 0 Å². The topological polar surface area (TPSA) is 67.8 Å². The molecule has 1 aromatic carbocycles. The molecule has 0 spiro atoms. The standard InChI is InChI=1S/C29H39Cl2N7O/c30-23-7-6-22(25(31)18-23)19-32-27-24-20-38(28(39)21-4-5-21)11-8-26(24)33-29(34-27)37-16-14-36(15-17-37)13-12-35-9-2-1-3-10-35/h6-7,18,21H,1-5,8-17,19-20H2,(H,32,33,34). The van der Waals surface area contributed by atoms with Gasteiger partial charge in [0.25, 0.3) is 0 Å². The number of nitrogens with zero attached hydrogens (tertiary/aromatic N) is 6. The Morgan fingerprint density at radius 3 is 2.38 bits per heavy atom. The summed E-state index contributed by atoms with van der Waals surface area (Å²) in [6, 6.07) is 5.56. The van der Waals surface area contributed by atoms with Crippen molar-refractivity contribution in [3.63, 3.8) is 0 Å². The second kappa shape index (κ2) is 12.2. The summed E-state index contributed by atoms with van der Waals surface area (Å²) >= 11 is 12.6. The number of carbonyl (C=O) groups is 1. The van der Waals surface area contributed by atoms with Gasteiger partial charge in [0.15, 0.2) is 0 Å². The normalized spacial score (nSPS) is 20.7. The molecule has 1 N–H and O–H groups in total. The van der Waals surface area contributed by atoms with Crippen molar-refractivity contribution in [2.24, 2.45) is 5.92 Å². The highest BCUT2D eigenvalue weighted by Gasteiger charge is 2.36. The Hall–Kier alpha value is -2.13. The van der Waals surface area contributed by atoms with Crippen LogP contribution in [0.3, 0.4) is 0 Å². The first kappa shape index (κ1) is 27.1. The van der Waals surface area contributed by atoms with Crippen LogP contribution in [0, 0.1) is 5.92 Å². The van der Waals surface area contributed by atoms with Crippen molar-refractivity contribution in [2.75, 3.05) is 69.1 Å². The van der Waals surface area contributed by atoms with Crippen molar-refractivity contribution in [1.82, 2.24) is 24.7 Å². The Morgan fingerprint density at radius 1 is 0.923 bits per heavy atom. The van der Waals surface area contributed by atoms with Crippen molar-refractivity contribution >= 4 is 40.9 Å². The number of hydrogen-bond acceptors (Lipinski definition) is 7. The van der Waals surface area contributed by atoms with Crippen LogP contribution in [0.1, 0.15) is 48.9 Å². The molecule has 2 aromatic rings. The van der Waals surface area contributed by atoms with Gasteiger partial charge in [-0.15, -0.1) is 0 Å². The second-order valence-electron chi connectivity index (χ2n) is 11.4. The number of nitrogens with one attached hydrogen (secondary N) is 1. The quantitative estimate of drug-likeness (QED) is 0.506. The number of likely N-dealkylation sites (tertiary alicyclic amines) is 1. The van der Waals surface area contributed by atoms with Gasteiger partial charge in [0, 0.05) is 80.3 Å². The third-order valence-electron chi connectivity index (χ3n) is 8.58. The molecule has 1 aromatic heterocycles. The lowest BCUT2D eigenvalue weighted by molar-refractivity contribution is -0.133. The minimum Gasteiger partial charge on any atom is -0.365 e. The van der Waals surface area contributed by atoms with Crippen LogP contribution < -0.4 is 10.2 Å². The van der Waals surface area contributed by atoms with Gasteiger partial charge in [-0.25, -0.2) is 4.98 Å². The van der Waals surface area contributed by atoms with Crippen LogP contribution in [-0.4, -0.2) is 89.5 Å². The van der Waals surface area contributed by atoms with E-state index >= 15 is 0 Å². The van der Waals surface area contributed by atoms with Crippen LogP contribution in [0.15, 0.2) is 18.2 Å². The summed E-state index contributed by atoms with van der Waals surface area (Å²) in [4.78, 5) is 32.4. The summed E-state index contributed by atoms with van der Waals surface area (Å²) in [6.45, 7) is 10.5. The van der Waals surface area contributed by atoms with Crippen molar-refractivity contribution < 1.29 is 4.79 Å². The van der Waals surface area contributed by atoms with Crippen LogP contribution >= 0.6 is 23.2 Å². The molecule has 210 valence electrons. The summed E-state index contributed by atoms with van der Waals surface area (Å²) in [5, 5.41) is 4.79. The fourth-order valence-corrected chi connectivity index (χ4v) is 6.42. The average Bonchev–Trinajstić information content (AvgIpc) is 3.81. The van der Waals surface area contributed by atoms with Crippen LogP contribution in [0.5, 0.6) is 0 Å².